The normalized spacial score (nSPS) is 11.9. The van der Waals surface area contributed by atoms with Crippen molar-refractivity contribution in [2.75, 3.05) is 36.0 Å². The molecule has 6 nitrogen and oxygen atoms in total. The van der Waals surface area contributed by atoms with E-state index < -0.39 is 0 Å². The van der Waals surface area contributed by atoms with Gasteiger partial charge in [-0.25, -0.2) is 9.98 Å². The standard InChI is InChI=1S/C42H62N6/c1-5-9-13-17-29-47(30-18-14-10-6-2)39-25-21-37(22-26-39)35-45-41(33-43)42(34-44)46-36-38-23-27-40(28-24-38)48(31-19-15-11-7-3)32-20-16-12-8-4/h21-28,35-36H,5-20,29-32H2,1-4H3/b42-41-,45-35?,46-36?. The van der Waals surface area contributed by atoms with Gasteiger partial charge < -0.3 is 9.80 Å². The van der Waals surface area contributed by atoms with Crippen LogP contribution in [0.3, 0.4) is 0 Å². The quantitative estimate of drug-likeness (QED) is 0.0576. The minimum Gasteiger partial charge on any atom is -0.372 e. The van der Waals surface area contributed by atoms with Crippen LogP contribution in [0, 0.1) is 22.7 Å². The monoisotopic (exact) mass is 651 g/mol. The largest absolute Gasteiger partial charge is 0.372 e. The van der Waals surface area contributed by atoms with Crippen LogP contribution in [0.2, 0.25) is 0 Å². The molecule has 0 aliphatic carbocycles. The molecule has 0 aliphatic heterocycles. The van der Waals surface area contributed by atoms with Gasteiger partial charge in [-0.15, -0.1) is 0 Å². The van der Waals surface area contributed by atoms with Crippen molar-refractivity contribution >= 4 is 23.8 Å². The Balaban J connectivity index is 2.11. The lowest BCUT2D eigenvalue weighted by Crippen LogP contribution is -2.25. The zero-order chi connectivity index (χ0) is 34.7. The Morgan fingerprint density at radius 1 is 0.479 bits per heavy atom. The van der Waals surface area contributed by atoms with Gasteiger partial charge in [0.25, 0.3) is 0 Å². The summed E-state index contributed by atoms with van der Waals surface area (Å²) in [4.78, 5) is 13.7. The van der Waals surface area contributed by atoms with Gasteiger partial charge in [-0.05, 0) is 61.1 Å². The van der Waals surface area contributed by atoms with Gasteiger partial charge >= 0.3 is 0 Å². The highest BCUT2D eigenvalue weighted by Gasteiger charge is 2.09. The molecule has 0 radical (unpaired) electrons. The van der Waals surface area contributed by atoms with Crippen LogP contribution in [0.5, 0.6) is 0 Å². The first-order valence-electron chi connectivity index (χ1n) is 18.9. The lowest BCUT2D eigenvalue weighted by Gasteiger charge is -2.25. The van der Waals surface area contributed by atoms with Crippen LogP contribution in [0.1, 0.15) is 142 Å². The van der Waals surface area contributed by atoms with E-state index in [-0.39, 0.29) is 11.4 Å². The number of rotatable bonds is 26. The summed E-state index contributed by atoms with van der Waals surface area (Å²) in [7, 11) is 0. The number of benzene rings is 2. The predicted molar refractivity (Wildman–Crippen MR) is 207 cm³/mol. The molecular formula is C42H62N6. The molecule has 0 aliphatic rings. The number of allylic oxidation sites excluding steroid dienone is 2. The first-order chi connectivity index (χ1) is 23.6. The average Bonchev–Trinajstić information content (AvgIpc) is 3.12. The summed E-state index contributed by atoms with van der Waals surface area (Å²) in [6.07, 6.45) is 23.3. The topological polar surface area (TPSA) is 78.8 Å². The fraction of sp³-hybridized carbons (Fsp3) is 0.571. The molecule has 48 heavy (non-hydrogen) atoms. The molecule has 0 saturated carbocycles. The molecule has 2 aromatic carbocycles. The highest BCUT2D eigenvalue weighted by Crippen LogP contribution is 2.20. The lowest BCUT2D eigenvalue weighted by molar-refractivity contribution is 0.609. The van der Waals surface area contributed by atoms with Crippen molar-refractivity contribution in [1.82, 2.24) is 0 Å². The fourth-order valence-electron chi connectivity index (χ4n) is 5.76. The third-order valence-electron chi connectivity index (χ3n) is 8.76. The van der Waals surface area contributed by atoms with Crippen molar-refractivity contribution in [2.24, 2.45) is 9.98 Å². The molecule has 0 N–H and O–H groups in total. The van der Waals surface area contributed by atoms with Gasteiger partial charge in [0, 0.05) is 50.0 Å². The van der Waals surface area contributed by atoms with Gasteiger partial charge in [-0.1, -0.05) is 129 Å². The van der Waals surface area contributed by atoms with E-state index in [9.17, 15) is 10.5 Å². The minimum atomic E-state index is 0.00764. The number of unbranched alkanes of at least 4 members (excludes halogenated alkanes) is 12. The second kappa shape index (κ2) is 26.1. The van der Waals surface area contributed by atoms with Gasteiger partial charge in [-0.3, -0.25) is 0 Å². The molecule has 0 atom stereocenters. The number of hydrogen-bond acceptors (Lipinski definition) is 6. The Morgan fingerprint density at radius 3 is 1.02 bits per heavy atom. The van der Waals surface area contributed by atoms with E-state index in [0.29, 0.717) is 0 Å². The summed E-state index contributed by atoms with van der Waals surface area (Å²) < 4.78 is 0. The Kier molecular flexibility index (Phi) is 21.9. The zero-order valence-corrected chi connectivity index (χ0v) is 30.6. The summed E-state index contributed by atoms with van der Waals surface area (Å²) in [6, 6.07) is 20.8. The molecule has 2 rings (SSSR count). The van der Waals surface area contributed by atoms with E-state index in [4.69, 9.17) is 0 Å². The number of aliphatic imine (C=N–C) groups is 2. The molecule has 0 aromatic heterocycles. The van der Waals surface area contributed by atoms with Crippen molar-refractivity contribution in [3.8, 4) is 12.1 Å². The third-order valence-corrected chi connectivity index (χ3v) is 8.76. The molecule has 0 unspecified atom stereocenters. The molecule has 0 heterocycles. The SMILES string of the molecule is CCCCCCN(CCCCCC)c1ccc(C=N/C(C#N)=C(/C#N)N=Cc2ccc(N(CCCCCC)CCCCCC)cc2)cc1. The maximum atomic E-state index is 9.81. The molecule has 0 amide bonds. The average molecular weight is 651 g/mol. The van der Waals surface area contributed by atoms with Gasteiger partial charge in [0.05, 0.1) is 0 Å². The van der Waals surface area contributed by atoms with Gasteiger partial charge in [0.2, 0.25) is 0 Å². The Bertz CT molecular complexity index is 1170. The predicted octanol–water partition coefficient (Wildman–Crippen LogP) is 11.4. The van der Waals surface area contributed by atoms with E-state index in [0.717, 1.165) is 37.3 Å². The first kappa shape index (κ1) is 40.3. The first-order valence-corrected chi connectivity index (χ1v) is 18.9. The second-order valence-corrected chi connectivity index (χ2v) is 12.8. The van der Waals surface area contributed by atoms with Gasteiger partial charge in [0.1, 0.15) is 12.1 Å². The summed E-state index contributed by atoms with van der Waals surface area (Å²) in [5.41, 5.74) is 4.23. The highest BCUT2D eigenvalue weighted by molar-refractivity contribution is 5.83. The van der Waals surface area contributed by atoms with Crippen molar-refractivity contribution in [3.05, 3.63) is 71.1 Å². The molecule has 0 fully saturated rings. The summed E-state index contributed by atoms with van der Waals surface area (Å²) in [5, 5.41) is 19.6. The Labute approximate surface area is 293 Å². The van der Waals surface area contributed by atoms with Gasteiger partial charge in [0.15, 0.2) is 11.4 Å². The van der Waals surface area contributed by atoms with Crippen molar-refractivity contribution in [3.63, 3.8) is 0 Å². The summed E-state index contributed by atoms with van der Waals surface area (Å²) >= 11 is 0. The van der Waals surface area contributed by atoms with E-state index in [1.54, 1.807) is 12.4 Å². The van der Waals surface area contributed by atoms with Crippen LogP contribution in [0.25, 0.3) is 0 Å². The highest BCUT2D eigenvalue weighted by atomic mass is 15.1. The van der Waals surface area contributed by atoms with Crippen LogP contribution >= 0.6 is 0 Å². The smallest absolute Gasteiger partial charge is 0.176 e. The van der Waals surface area contributed by atoms with Crippen LogP contribution in [0.15, 0.2) is 69.9 Å². The summed E-state index contributed by atoms with van der Waals surface area (Å²) in [6.45, 7) is 13.3. The molecule has 0 spiro atoms. The minimum absolute atomic E-state index is 0.00764. The number of nitriles is 2. The molecule has 0 saturated heterocycles. The van der Waals surface area contributed by atoms with Crippen LogP contribution in [0.4, 0.5) is 11.4 Å². The van der Waals surface area contributed by atoms with E-state index in [1.165, 1.54) is 114 Å². The molecular weight excluding hydrogens is 589 g/mol. The molecule has 260 valence electrons. The Hall–Kier alpha value is -3.90. The van der Waals surface area contributed by atoms with E-state index >= 15 is 0 Å². The van der Waals surface area contributed by atoms with Crippen LogP contribution < -0.4 is 9.80 Å². The third kappa shape index (κ3) is 16.3. The van der Waals surface area contributed by atoms with Crippen molar-refractivity contribution < 1.29 is 0 Å². The number of anilines is 2. The van der Waals surface area contributed by atoms with Crippen molar-refractivity contribution in [2.45, 2.75) is 130 Å². The molecule has 0 bridgehead atoms. The van der Waals surface area contributed by atoms with Crippen molar-refractivity contribution in [1.29, 1.82) is 10.5 Å². The lowest BCUT2D eigenvalue weighted by atomic mass is 10.1. The maximum absolute atomic E-state index is 9.81. The van der Waals surface area contributed by atoms with Crippen LogP contribution in [-0.2, 0) is 0 Å². The zero-order valence-electron chi connectivity index (χ0n) is 30.6. The number of nitrogens with zero attached hydrogens (tertiary/aromatic N) is 6. The summed E-state index contributed by atoms with van der Waals surface area (Å²) in [5.74, 6) is 0. The fourth-order valence-corrected chi connectivity index (χ4v) is 5.76. The number of hydrogen-bond donors (Lipinski definition) is 0. The second-order valence-electron chi connectivity index (χ2n) is 12.8. The molecule has 6 heteroatoms. The molecule has 2 aromatic rings. The maximum Gasteiger partial charge on any atom is 0.176 e. The van der Waals surface area contributed by atoms with E-state index in [1.807, 2.05) is 24.3 Å². The van der Waals surface area contributed by atoms with Gasteiger partial charge in [-0.2, -0.15) is 10.5 Å². The Morgan fingerprint density at radius 2 is 0.771 bits per heavy atom. The van der Waals surface area contributed by atoms with E-state index in [2.05, 4.69) is 83.9 Å². The van der Waals surface area contributed by atoms with Crippen LogP contribution in [-0.4, -0.2) is 38.6 Å².